The van der Waals surface area contributed by atoms with Crippen molar-refractivity contribution in [2.24, 2.45) is 10.2 Å². The highest BCUT2D eigenvalue weighted by molar-refractivity contribution is 7.80. The van der Waals surface area contributed by atoms with Gasteiger partial charge in [0.1, 0.15) is 0 Å². The van der Waals surface area contributed by atoms with Crippen LogP contribution in [0.3, 0.4) is 0 Å². The molecule has 7 heteroatoms. The van der Waals surface area contributed by atoms with Gasteiger partial charge in [0, 0.05) is 22.7 Å². The SMILES string of the molecule is Nc1ccc(N=Nc2ccc([N+](=O)[O-])cc2)cc1S. The van der Waals surface area contributed by atoms with Crippen molar-refractivity contribution in [3.05, 3.63) is 52.6 Å². The molecule has 0 atom stereocenters. The van der Waals surface area contributed by atoms with Gasteiger partial charge in [0.25, 0.3) is 5.69 Å². The van der Waals surface area contributed by atoms with Gasteiger partial charge in [-0.1, -0.05) is 0 Å². The number of hydrogen-bond acceptors (Lipinski definition) is 6. The van der Waals surface area contributed by atoms with Crippen LogP contribution in [-0.4, -0.2) is 4.92 Å². The highest BCUT2D eigenvalue weighted by Crippen LogP contribution is 2.25. The molecule has 2 N–H and O–H groups in total. The predicted octanol–water partition coefficient (Wildman–Crippen LogP) is 3.88. The fraction of sp³-hybridized carbons (Fsp3) is 0. The number of nitrogens with zero attached hydrogens (tertiary/aromatic N) is 3. The Morgan fingerprint density at radius 3 is 2.21 bits per heavy atom. The van der Waals surface area contributed by atoms with Gasteiger partial charge in [-0.15, -0.1) is 12.6 Å². The second-order valence-electron chi connectivity index (χ2n) is 3.72. The minimum atomic E-state index is -0.464. The van der Waals surface area contributed by atoms with Crippen molar-refractivity contribution >= 4 is 35.4 Å². The van der Waals surface area contributed by atoms with Crippen molar-refractivity contribution in [1.82, 2.24) is 0 Å². The number of nitrogens with two attached hydrogens (primary N) is 1. The largest absolute Gasteiger partial charge is 0.398 e. The molecule has 0 aliphatic heterocycles. The third kappa shape index (κ3) is 3.29. The van der Waals surface area contributed by atoms with Gasteiger partial charge in [0.2, 0.25) is 0 Å². The second kappa shape index (κ2) is 5.49. The molecule has 2 aromatic carbocycles. The molecule has 0 saturated carbocycles. The summed E-state index contributed by atoms with van der Waals surface area (Å²) < 4.78 is 0. The van der Waals surface area contributed by atoms with E-state index < -0.39 is 4.92 Å². The Labute approximate surface area is 114 Å². The molecule has 0 aliphatic rings. The maximum Gasteiger partial charge on any atom is 0.269 e. The van der Waals surface area contributed by atoms with E-state index in [-0.39, 0.29) is 5.69 Å². The number of thiol groups is 1. The first-order valence-electron chi connectivity index (χ1n) is 5.31. The number of rotatable bonds is 3. The molecule has 2 aromatic rings. The molecule has 0 amide bonds. The van der Waals surface area contributed by atoms with E-state index in [1.807, 2.05) is 0 Å². The molecule has 0 spiro atoms. The normalized spacial score (nSPS) is 10.8. The number of non-ortho nitro benzene ring substituents is 1. The maximum atomic E-state index is 10.5. The first kappa shape index (κ1) is 13.0. The monoisotopic (exact) mass is 274 g/mol. The van der Waals surface area contributed by atoms with Crippen LogP contribution in [0.5, 0.6) is 0 Å². The third-order valence-corrected chi connectivity index (χ3v) is 2.74. The van der Waals surface area contributed by atoms with Crippen molar-refractivity contribution in [3.63, 3.8) is 0 Å². The molecule has 0 radical (unpaired) electrons. The smallest absolute Gasteiger partial charge is 0.269 e. The van der Waals surface area contributed by atoms with Gasteiger partial charge in [0.15, 0.2) is 0 Å². The van der Waals surface area contributed by atoms with E-state index in [2.05, 4.69) is 22.9 Å². The van der Waals surface area contributed by atoms with Gasteiger partial charge >= 0.3 is 0 Å². The van der Waals surface area contributed by atoms with Crippen LogP contribution in [0.15, 0.2) is 57.6 Å². The Bertz CT molecular complexity index is 641. The Morgan fingerprint density at radius 2 is 1.63 bits per heavy atom. The first-order valence-corrected chi connectivity index (χ1v) is 5.75. The average molecular weight is 274 g/mol. The molecule has 6 nitrogen and oxygen atoms in total. The number of nitrogen functional groups attached to an aromatic ring is 1. The molecule has 0 heterocycles. The minimum absolute atomic E-state index is 0.0177. The van der Waals surface area contributed by atoms with Gasteiger partial charge in [-0.3, -0.25) is 10.1 Å². The standard InChI is InChI=1S/C12H10N4O2S/c13-11-6-3-9(7-12(11)19)15-14-8-1-4-10(5-2-8)16(17)18/h1-7,19H,13H2. The predicted molar refractivity (Wildman–Crippen MR) is 75.4 cm³/mol. The maximum absolute atomic E-state index is 10.5. The van der Waals surface area contributed by atoms with Gasteiger partial charge in [0.05, 0.1) is 16.3 Å². The average Bonchev–Trinajstić information content (AvgIpc) is 2.40. The summed E-state index contributed by atoms with van der Waals surface area (Å²) in [4.78, 5) is 10.7. The molecule has 2 rings (SSSR count). The minimum Gasteiger partial charge on any atom is -0.398 e. The zero-order chi connectivity index (χ0) is 13.8. The molecule has 0 unspecified atom stereocenters. The Kier molecular flexibility index (Phi) is 3.76. The van der Waals surface area contributed by atoms with E-state index in [4.69, 9.17) is 5.73 Å². The van der Waals surface area contributed by atoms with E-state index in [0.717, 1.165) is 0 Å². The van der Waals surface area contributed by atoms with Crippen LogP contribution < -0.4 is 5.73 Å². The fourth-order valence-corrected chi connectivity index (χ4v) is 1.56. The lowest BCUT2D eigenvalue weighted by atomic mass is 10.3. The van der Waals surface area contributed by atoms with Crippen LogP contribution in [0.1, 0.15) is 0 Å². The summed E-state index contributed by atoms with van der Waals surface area (Å²) in [6, 6.07) is 10.9. The molecule has 0 fully saturated rings. The molecular weight excluding hydrogens is 264 g/mol. The van der Waals surface area contributed by atoms with Gasteiger partial charge < -0.3 is 5.73 Å². The van der Waals surface area contributed by atoms with E-state index in [0.29, 0.717) is 22.0 Å². The summed E-state index contributed by atoms with van der Waals surface area (Å²) in [6.45, 7) is 0. The number of benzene rings is 2. The van der Waals surface area contributed by atoms with Crippen LogP contribution >= 0.6 is 12.6 Å². The van der Waals surface area contributed by atoms with Crippen LogP contribution in [0.4, 0.5) is 22.7 Å². The quantitative estimate of drug-likeness (QED) is 0.292. The van der Waals surface area contributed by atoms with Gasteiger partial charge in [-0.2, -0.15) is 10.2 Å². The number of nitro benzene ring substituents is 1. The Balaban J connectivity index is 2.17. The Hall–Kier alpha value is -2.41. The molecule has 96 valence electrons. The lowest BCUT2D eigenvalue weighted by Gasteiger charge is -1.98. The molecule has 19 heavy (non-hydrogen) atoms. The summed E-state index contributed by atoms with van der Waals surface area (Å²) >= 11 is 4.18. The summed E-state index contributed by atoms with van der Waals surface area (Å²) in [6.07, 6.45) is 0. The van der Waals surface area contributed by atoms with Crippen molar-refractivity contribution < 1.29 is 4.92 Å². The zero-order valence-electron chi connectivity index (χ0n) is 9.72. The van der Waals surface area contributed by atoms with Crippen molar-refractivity contribution in [1.29, 1.82) is 0 Å². The molecule has 0 aliphatic carbocycles. The van der Waals surface area contributed by atoms with Crippen LogP contribution in [0, 0.1) is 10.1 Å². The van der Waals surface area contributed by atoms with Crippen LogP contribution in [-0.2, 0) is 0 Å². The van der Waals surface area contributed by atoms with E-state index in [1.165, 1.54) is 24.3 Å². The van der Waals surface area contributed by atoms with Gasteiger partial charge in [-0.25, -0.2) is 0 Å². The van der Waals surface area contributed by atoms with Gasteiger partial charge in [-0.05, 0) is 30.3 Å². The summed E-state index contributed by atoms with van der Waals surface area (Å²) in [7, 11) is 0. The van der Waals surface area contributed by atoms with Crippen molar-refractivity contribution in [2.75, 3.05) is 5.73 Å². The number of azo groups is 1. The van der Waals surface area contributed by atoms with E-state index >= 15 is 0 Å². The number of hydrogen-bond donors (Lipinski definition) is 2. The Morgan fingerprint density at radius 1 is 1.05 bits per heavy atom. The molecule has 0 bridgehead atoms. The fourth-order valence-electron chi connectivity index (χ4n) is 1.35. The summed E-state index contributed by atoms with van der Waals surface area (Å²) in [5.41, 5.74) is 7.35. The highest BCUT2D eigenvalue weighted by Gasteiger charge is 2.03. The molecular formula is C12H10N4O2S. The third-order valence-electron chi connectivity index (χ3n) is 2.36. The summed E-state index contributed by atoms with van der Waals surface area (Å²) in [5, 5.41) is 18.5. The van der Waals surface area contributed by atoms with Crippen LogP contribution in [0.2, 0.25) is 0 Å². The number of nitro groups is 1. The zero-order valence-corrected chi connectivity index (χ0v) is 10.6. The molecule has 0 saturated heterocycles. The lowest BCUT2D eigenvalue weighted by Crippen LogP contribution is -1.85. The highest BCUT2D eigenvalue weighted by atomic mass is 32.1. The molecule has 0 aromatic heterocycles. The number of anilines is 1. The lowest BCUT2D eigenvalue weighted by molar-refractivity contribution is -0.384. The van der Waals surface area contributed by atoms with Crippen molar-refractivity contribution in [3.8, 4) is 0 Å². The van der Waals surface area contributed by atoms with Crippen LogP contribution in [0.25, 0.3) is 0 Å². The summed E-state index contributed by atoms with van der Waals surface area (Å²) in [5.74, 6) is 0. The van der Waals surface area contributed by atoms with E-state index in [1.54, 1.807) is 18.2 Å². The topological polar surface area (TPSA) is 93.9 Å². The first-order chi connectivity index (χ1) is 9.06. The second-order valence-corrected chi connectivity index (χ2v) is 4.20. The van der Waals surface area contributed by atoms with E-state index in [9.17, 15) is 10.1 Å². The van der Waals surface area contributed by atoms with Crippen molar-refractivity contribution in [2.45, 2.75) is 4.90 Å².